The van der Waals surface area contributed by atoms with Crippen LogP contribution < -0.4 is 4.90 Å². The molecule has 2 fully saturated rings. The lowest BCUT2D eigenvalue weighted by Crippen LogP contribution is -2.49. The fourth-order valence-corrected chi connectivity index (χ4v) is 4.59. The molecule has 25 heavy (non-hydrogen) atoms. The first kappa shape index (κ1) is 17.9. The van der Waals surface area contributed by atoms with Crippen LogP contribution in [0.1, 0.15) is 19.8 Å². The van der Waals surface area contributed by atoms with E-state index < -0.39 is 10.0 Å². The van der Waals surface area contributed by atoms with E-state index in [0.29, 0.717) is 45.9 Å². The summed E-state index contributed by atoms with van der Waals surface area (Å²) in [4.78, 5) is 20.0. The highest BCUT2D eigenvalue weighted by Crippen LogP contribution is 2.22. The number of rotatable bonds is 4. The largest absolute Gasteiger partial charge is 0.450 e. The Morgan fingerprint density at radius 2 is 1.80 bits per heavy atom. The fourth-order valence-electron chi connectivity index (χ4n) is 3.12. The first-order chi connectivity index (χ1) is 12.0. The molecule has 138 valence electrons. The molecule has 0 N–H and O–H groups in total. The zero-order chi connectivity index (χ0) is 17.9. The Hall–Kier alpha value is -1.87. The average molecular weight is 368 g/mol. The van der Waals surface area contributed by atoms with Gasteiger partial charge in [0.2, 0.25) is 10.0 Å². The minimum atomic E-state index is -3.43. The Morgan fingerprint density at radius 3 is 2.36 bits per heavy atom. The summed E-state index contributed by atoms with van der Waals surface area (Å²) in [6.45, 7) is 5.74. The molecule has 0 atom stereocenters. The van der Waals surface area contributed by atoms with Crippen LogP contribution in [0.2, 0.25) is 0 Å². The Balaban J connectivity index is 1.63. The zero-order valence-electron chi connectivity index (χ0n) is 14.4. The van der Waals surface area contributed by atoms with Crippen molar-refractivity contribution in [2.24, 2.45) is 0 Å². The molecule has 1 aromatic rings. The molecule has 0 aromatic carbocycles. The number of anilines is 1. The number of carbonyl (C=O) groups excluding carboxylic acids is 1. The quantitative estimate of drug-likeness (QED) is 0.793. The number of hydrogen-bond acceptors (Lipinski definition) is 6. The summed E-state index contributed by atoms with van der Waals surface area (Å²) in [6.07, 6.45) is 2.97. The van der Waals surface area contributed by atoms with Crippen LogP contribution in [0.25, 0.3) is 0 Å². The van der Waals surface area contributed by atoms with E-state index in [1.54, 1.807) is 24.0 Å². The molecule has 1 aromatic heterocycles. The monoisotopic (exact) mass is 368 g/mol. The summed E-state index contributed by atoms with van der Waals surface area (Å²) < 4.78 is 31.6. The summed E-state index contributed by atoms with van der Waals surface area (Å²) in [5.74, 6) is 0.726. The van der Waals surface area contributed by atoms with Crippen LogP contribution in [0.5, 0.6) is 0 Å². The van der Waals surface area contributed by atoms with Crippen LogP contribution in [-0.4, -0.2) is 74.6 Å². The zero-order valence-corrected chi connectivity index (χ0v) is 15.2. The van der Waals surface area contributed by atoms with Gasteiger partial charge < -0.3 is 14.5 Å². The van der Waals surface area contributed by atoms with Crippen LogP contribution in [0.15, 0.2) is 23.2 Å². The topological polar surface area (TPSA) is 83.0 Å². The Kier molecular flexibility index (Phi) is 5.43. The van der Waals surface area contributed by atoms with E-state index in [1.807, 2.05) is 4.90 Å². The average Bonchev–Trinajstić information content (AvgIpc) is 3.18. The molecule has 9 heteroatoms. The van der Waals surface area contributed by atoms with Gasteiger partial charge in [0, 0.05) is 45.5 Å². The van der Waals surface area contributed by atoms with E-state index in [9.17, 15) is 13.2 Å². The van der Waals surface area contributed by atoms with Crippen molar-refractivity contribution >= 4 is 21.9 Å². The Morgan fingerprint density at radius 1 is 1.12 bits per heavy atom. The molecule has 0 unspecified atom stereocenters. The van der Waals surface area contributed by atoms with E-state index in [0.717, 1.165) is 18.7 Å². The lowest BCUT2D eigenvalue weighted by atomic mass is 10.3. The molecule has 3 heterocycles. The van der Waals surface area contributed by atoms with Crippen LogP contribution in [0.3, 0.4) is 0 Å². The molecule has 0 bridgehead atoms. The predicted octanol–water partition coefficient (Wildman–Crippen LogP) is 1.14. The summed E-state index contributed by atoms with van der Waals surface area (Å²) in [7, 11) is -3.43. The van der Waals surface area contributed by atoms with Crippen LogP contribution in [-0.2, 0) is 14.8 Å². The summed E-state index contributed by atoms with van der Waals surface area (Å²) in [5, 5.41) is 0. The van der Waals surface area contributed by atoms with Crippen molar-refractivity contribution in [1.29, 1.82) is 0 Å². The molecule has 2 aliphatic rings. The SMILES string of the molecule is CCOC(=O)N1CCN(c2ccc(S(=O)(=O)N3CCCC3)cn2)CC1. The number of nitrogens with zero attached hydrogens (tertiary/aromatic N) is 4. The van der Waals surface area contributed by atoms with E-state index in [4.69, 9.17) is 4.74 Å². The van der Waals surface area contributed by atoms with Gasteiger partial charge >= 0.3 is 6.09 Å². The third-order valence-electron chi connectivity index (χ3n) is 4.55. The van der Waals surface area contributed by atoms with Crippen molar-refractivity contribution < 1.29 is 17.9 Å². The highest BCUT2D eigenvalue weighted by atomic mass is 32.2. The molecule has 8 nitrogen and oxygen atoms in total. The van der Waals surface area contributed by atoms with Crippen molar-refractivity contribution in [3.05, 3.63) is 18.3 Å². The molecule has 3 rings (SSSR count). The number of amides is 1. The second-order valence-electron chi connectivity index (χ2n) is 6.14. The second kappa shape index (κ2) is 7.57. The van der Waals surface area contributed by atoms with Crippen molar-refractivity contribution in [2.45, 2.75) is 24.7 Å². The first-order valence-electron chi connectivity index (χ1n) is 8.65. The number of hydrogen-bond donors (Lipinski definition) is 0. The van der Waals surface area contributed by atoms with Crippen LogP contribution >= 0.6 is 0 Å². The summed E-state index contributed by atoms with van der Waals surface area (Å²) in [6, 6.07) is 3.36. The molecule has 0 saturated carbocycles. The van der Waals surface area contributed by atoms with Gasteiger partial charge in [-0.25, -0.2) is 18.2 Å². The predicted molar refractivity (Wildman–Crippen MR) is 93.0 cm³/mol. The minimum absolute atomic E-state index is 0.239. The maximum absolute atomic E-state index is 12.5. The van der Waals surface area contributed by atoms with Crippen molar-refractivity contribution in [2.75, 3.05) is 50.8 Å². The third kappa shape index (κ3) is 3.87. The molecule has 2 aliphatic heterocycles. The molecular formula is C16H24N4O4S. The van der Waals surface area contributed by atoms with Gasteiger partial charge in [-0.2, -0.15) is 4.31 Å². The normalized spacial score (nSPS) is 19.2. The van der Waals surface area contributed by atoms with Crippen molar-refractivity contribution in [1.82, 2.24) is 14.2 Å². The van der Waals surface area contributed by atoms with Gasteiger partial charge in [0.05, 0.1) is 6.61 Å². The lowest BCUT2D eigenvalue weighted by molar-refractivity contribution is 0.105. The highest BCUT2D eigenvalue weighted by molar-refractivity contribution is 7.89. The number of piperazine rings is 1. The highest BCUT2D eigenvalue weighted by Gasteiger charge is 2.28. The van der Waals surface area contributed by atoms with Gasteiger partial charge in [0.25, 0.3) is 0 Å². The fraction of sp³-hybridized carbons (Fsp3) is 0.625. The third-order valence-corrected chi connectivity index (χ3v) is 6.44. The molecule has 0 aliphatic carbocycles. The second-order valence-corrected chi connectivity index (χ2v) is 8.07. The van der Waals surface area contributed by atoms with Crippen LogP contribution in [0, 0.1) is 0 Å². The number of ether oxygens (including phenoxy) is 1. The number of aromatic nitrogens is 1. The summed E-state index contributed by atoms with van der Waals surface area (Å²) >= 11 is 0. The first-order valence-corrected chi connectivity index (χ1v) is 10.1. The van der Waals surface area contributed by atoms with Crippen LogP contribution in [0.4, 0.5) is 10.6 Å². The molecule has 0 spiro atoms. The van der Waals surface area contributed by atoms with Gasteiger partial charge in [-0.05, 0) is 31.9 Å². The standard InChI is InChI=1S/C16H24N4O4S/c1-2-24-16(21)19-11-9-18(10-12-19)15-6-5-14(13-17-15)25(22,23)20-7-3-4-8-20/h5-6,13H,2-4,7-12H2,1H3. The van der Waals surface area contributed by atoms with Gasteiger partial charge in [-0.15, -0.1) is 0 Å². The Bertz CT molecular complexity index is 693. The smallest absolute Gasteiger partial charge is 0.409 e. The van der Waals surface area contributed by atoms with Gasteiger partial charge in [-0.3, -0.25) is 0 Å². The van der Waals surface area contributed by atoms with E-state index >= 15 is 0 Å². The van der Waals surface area contributed by atoms with Gasteiger partial charge in [0.15, 0.2) is 0 Å². The summed E-state index contributed by atoms with van der Waals surface area (Å²) in [5.41, 5.74) is 0. The van der Waals surface area contributed by atoms with Gasteiger partial charge in [0.1, 0.15) is 10.7 Å². The van der Waals surface area contributed by atoms with E-state index in [1.165, 1.54) is 10.5 Å². The molecular weight excluding hydrogens is 344 g/mol. The minimum Gasteiger partial charge on any atom is -0.450 e. The number of sulfonamides is 1. The maximum atomic E-state index is 12.5. The maximum Gasteiger partial charge on any atom is 0.409 e. The van der Waals surface area contributed by atoms with E-state index in [-0.39, 0.29) is 11.0 Å². The number of carbonyl (C=O) groups is 1. The van der Waals surface area contributed by atoms with Gasteiger partial charge in [-0.1, -0.05) is 0 Å². The van der Waals surface area contributed by atoms with E-state index in [2.05, 4.69) is 4.98 Å². The van der Waals surface area contributed by atoms with Crippen molar-refractivity contribution in [3.8, 4) is 0 Å². The molecule has 1 amide bonds. The number of pyridine rings is 1. The lowest BCUT2D eigenvalue weighted by Gasteiger charge is -2.34. The molecule has 2 saturated heterocycles. The van der Waals surface area contributed by atoms with Crippen molar-refractivity contribution in [3.63, 3.8) is 0 Å². The molecule has 0 radical (unpaired) electrons. The Labute approximate surface area is 148 Å².